The zero-order chi connectivity index (χ0) is 15.0. The molecule has 3 rings (SSSR count). The molecule has 21 heavy (non-hydrogen) atoms. The minimum absolute atomic E-state index is 0.429. The minimum atomic E-state index is 0.429. The van der Waals surface area contributed by atoms with E-state index in [1.54, 1.807) is 0 Å². The van der Waals surface area contributed by atoms with E-state index in [2.05, 4.69) is 39.2 Å². The van der Waals surface area contributed by atoms with E-state index in [0.717, 1.165) is 30.2 Å². The fourth-order valence-electron chi connectivity index (χ4n) is 2.82. The molecule has 0 bridgehead atoms. The summed E-state index contributed by atoms with van der Waals surface area (Å²) < 4.78 is 0. The number of aromatic amines is 1. The van der Waals surface area contributed by atoms with E-state index in [1.807, 2.05) is 25.1 Å². The lowest BCUT2D eigenvalue weighted by Crippen LogP contribution is -2.54. The molecule has 1 fully saturated rings. The highest BCUT2D eigenvalue weighted by Crippen LogP contribution is 2.27. The molecule has 1 aromatic carbocycles. The van der Waals surface area contributed by atoms with Crippen molar-refractivity contribution in [2.45, 2.75) is 32.9 Å². The lowest BCUT2D eigenvalue weighted by Gasteiger charge is -2.35. The van der Waals surface area contributed by atoms with Crippen molar-refractivity contribution in [3.05, 3.63) is 28.8 Å². The Labute approximate surface area is 129 Å². The van der Waals surface area contributed by atoms with Crippen molar-refractivity contribution >= 4 is 17.5 Å². The lowest BCUT2D eigenvalue weighted by molar-refractivity contribution is 0.403. The predicted molar refractivity (Wildman–Crippen MR) is 85.8 cm³/mol. The zero-order valence-electron chi connectivity index (χ0n) is 12.5. The van der Waals surface area contributed by atoms with Gasteiger partial charge in [-0.05, 0) is 38.5 Å². The molecule has 1 aliphatic heterocycles. The number of hydrogen-bond acceptors (Lipinski definition) is 4. The molecule has 1 aliphatic rings. The largest absolute Gasteiger partial charge is 0.336 e. The van der Waals surface area contributed by atoms with E-state index in [-0.39, 0.29) is 0 Å². The smallest absolute Gasteiger partial charge is 0.245 e. The number of anilines is 1. The Morgan fingerprint density at radius 2 is 1.95 bits per heavy atom. The Morgan fingerprint density at radius 3 is 2.62 bits per heavy atom. The molecule has 2 atom stereocenters. The molecule has 1 saturated heterocycles. The second kappa shape index (κ2) is 5.66. The third-order valence-electron chi connectivity index (χ3n) is 3.69. The number of nitrogens with zero attached hydrogens (tertiary/aromatic N) is 3. The summed E-state index contributed by atoms with van der Waals surface area (Å²) >= 11 is 6.29. The van der Waals surface area contributed by atoms with Gasteiger partial charge in [0, 0.05) is 30.7 Å². The normalized spacial score (nSPS) is 22.6. The SMILES string of the molecule is Cc1ccc(-c2nc(N3CC(C)NC(C)C3)n[nH]2)c(Cl)c1. The van der Waals surface area contributed by atoms with Gasteiger partial charge < -0.3 is 10.2 Å². The summed E-state index contributed by atoms with van der Waals surface area (Å²) in [7, 11) is 0. The maximum atomic E-state index is 6.29. The molecule has 2 heterocycles. The molecule has 0 aliphatic carbocycles. The molecule has 5 nitrogen and oxygen atoms in total. The molecule has 6 heteroatoms. The molecule has 112 valence electrons. The Kier molecular flexibility index (Phi) is 3.87. The van der Waals surface area contributed by atoms with Gasteiger partial charge in [0.15, 0.2) is 5.82 Å². The Morgan fingerprint density at radius 1 is 1.24 bits per heavy atom. The van der Waals surface area contributed by atoms with Crippen molar-refractivity contribution in [3.63, 3.8) is 0 Å². The van der Waals surface area contributed by atoms with Gasteiger partial charge in [0.25, 0.3) is 0 Å². The number of piperazine rings is 1. The maximum Gasteiger partial charge on any atom is 0.245 e. The van der Waals surface area contributed by atoms with Gasteiger partial charge in [0.1, 0.15) is 0 Å². The van der Waals surface area contributed by atoms with Gasteiger partial charge >= 0.3 is 0 Å². The first kappa shape index (κ1) is 14.4. The molecular formula is C15H20ClN5. The molecule has 0 spiro atoms. The summed E-state index contributed by atoms with van der Waals surface area (Å²) in [6, 6.07) is 6.80. The third-order valence-corrected chi connectivity index (χ3v) is 4.01. The van der Waals surface area contributed by atoms with Crippen molar-refractivity contribution in [3.8, 4) is 11.4 Å². The van der Waals surface area contributed by atoms with Gasteiger partial charge in [-0.2, -0.15) is 4.98 Å². The van der Waals surface area contributed by atoms with Crippen LogP contribution in [0.2, 0.25) is 5.02 Å². The molecular weight excluding hydrogens is 286 g/mol. The predicted octanol–water partition coefficient (Wildman–Crippen LogP) is 2.62. The van der Waals surface area contributed by atoms with E-state index < -0.39 is 0 Å². The van der Waals surface area contributed by atoms with Gasteiger partial charge in [-0.1, -0.05) is 17.7 Å². The summed E-state index contributed by atoms with van der Waals surface area (Å²) in [4.78, 5) is 6.81. The average molecular weight is 306 g/mol. The molecule has 2 N–H and O–H groups in total. The number of aryl methyl sites for hydroxylation is 1. The van der Waals surface area contributed by atoms with Crippen LogP contribution >= 0.6 is 11.6 Å². The topological polar surface area (TPSA) is 56.8 Å². The van der Waals surface area contributed by atoms with E-state index in [9.17, 15) is 0 Å². The Hall–Kier alpha value is -1.59. The number of halogens is 1. The van der Waals surface area contributed by atoms with E-state index in [1.165, 1.54) is 0 Å². The van der Waals surface area contributed by atoms with Crippen LogP contribution in [0.4, 0.5) is 5.95 Å². The van der Waals surface area contributed by atoms with E-state index in [0.29, 0.717) is 22.9 Å². The number of nitrogens with one attached hydrogen (secondary N) is 2. The van der Waals surface area contributed by atoms with Gasteiger partial charge in [-0.3, -0.25) is 5.10 Å². The van der Waals surface area contributed by atoms with Crippen LogP contribution in [0.15, 0.2) is 18.2 Å². The van der Waals surface area contributed by atoms with Gasteiger partial charge in [0.05, 0.1) is 5.02 Å². The Bertz CT molecular complexity index is 629. The van der Waals surface area contributed by atoms with Crippen molar-refractivity contribution in [1.29, 1.82) is 0 Å². The van der Waals surface area contributed by atoms with Crippen LogP contribution in [0.3, 0.4) is 0 Å². The van der Waals surface area contributed by atoms with Gasteiger partial charge in [-0.15, -0.1) is 5.10 Å². The number of aromatic nitrogens is 3. The fourth-order valence-corrected chi connectivity index (χ4v) is 3.14. The highest BCUT2D eigenvalue weighted by molar-refractivity contribution is 6.33. The zero-order valence-corrected chi connectivity index (χ0v) is 13.3. The first-order valence-electron chi connectivity index (χ1n) is 7.23. The monoisotopic (exact) mass is 305 g/mol. The van der Waals surface area contributed by atoms with E-state index in [4.69, 9.17) is 11.6 Å². The lowest BCUT2D eigenvalue weighted by atomic mass is 10.1. The molecule has 1 aromatic heterocycles. The highest BCUT2D eigenvalue weighted by atomic mass is 35.5. The second-order valence-electron chi connectivity index (χ2n) is 5.84. The quantitative estimate of drug-likeness (QED) is 0.895. The van der Waals surface area contributed by atoms with Gasteiger partial charge in [0.2, 0.25) is 5.95 Å². The summed E-state index contributed by atoms with van der Waals surface area (Å²) in [5.41, 5.74) is 2.02. The fraction of sp³-hybridized carbons (Fsp3) is 0.467. The number of rotatable bonds is 2. The van der Waals surface area contributed by atoms with Crippen LogP contribution in [0.1, 0.15) is 19.4 Å². The molecule has 2 unspecified atom stereocenters. The number of hydrogen-bond donors (Lipinski definition) is 2. The van der Waals surface area contributed by atoms with Crippen LogP contribution < -0.4 is 10.2 Å². The summed E-state index contributed by atoms with van der Waals surface area (Å²) in [6.07, 6.45) is 0. The van der Waals surface area contributed by atoms with Crippen LogP contribution in [0.5, 0.6) is 0 Å². The minimum Gasteiger partial charge on any atom is -0.336 e. The van der Waals surface area contributed by atoms with Crippen molar-refractivity contribution in [1.82, 2.24) is 20.5 Å². The second-order valence-corrected chi connectivity index (χ2v) is 6.25. The van der Waals surface area contributed by atoms with Gasteiger partial charge in [-0.25, -0.2) is 0 Å². The molecule has 0 radical (unpaired) electrons. The third kappa shape index (κ3) is 3.04. The van der Waals surface area contributed by atoms with Crippen LogP contribution in [0.25, 0.3) is 11.4 Å². The summed E-state index contributed by atoms with van der Waals surface area (Å²) in [5, 5.41) is 11.6. The average Bonchev–Trinajstić information content (AvgIpc) is 2.87. The van der Waals surface area contributed by atoms with E-state index >= 15 is 0 Å². The number of H-pyrrole nitrogens is 1. The highest BCUT2D eigenvalue weighted by Gasteiger charge is 2.24. The maximum absolute atomic E-state index is 6.29. The molecule has 0 amide bonds. The van der Waals surface area contributed by atoms with Crippen LogP contribution in [-0.2, 0) is 0 Å². The standard InChI is InChI=1S/C15H20ClN5/c1-9-4-5-12(13(16)6-9)14-18-15(20-19-14)21-7-10(2)17-11(3)8-21/h4-6,10-11,17H,7-8H2,1-3H3,(H,18,19,20). The first-order chi connectivity index (χ1) is 10.0. The van der Waals surface area contributed by atoms with Crippen LogP contribution in [-0.4, -0.2) is 40.4 Å². The van der Waals surface area contributed by atoms with Crippen molar-refractivity contribution < 1.29 is 0 Å². The molecule has 0 saturated carbocycles. The summed E-state index contributed by atoms with van der Waals surface area (Å²) in [6.45, 7) is 8.18. The van der Waals surface area contributed by atoms with Crippen molar-refractivity contribution in [2.75, 3.05) is 18.0 Å². The molecule has 2 aromatic rings. The Balaban J connectivity index is 1.86. The van der Waals surface area contributed by atoms with Crippen LogP contribution in [0, 0.1) is 6.92 Å². The van der Waals surface area contributed by atoms with Crippen molar-refractivity contribution in [2.24, 2.45) is 0 Å². The summed E-state index contributed by atoms with van der Waals surface area (Å²) in [5.74, 6) is 1.45. The first-order valence-corrected chi connectivity index (χ1v) is 7.60. The number of benzene rings is 1.